The summed E-state index contributed by atoms with van der Waals surface area (Å²) in [5.74, 6) is -0.320. The molecule has 0 aliphatic carbocycles. The summed E-state index contributed by atoms with van der Waals surface area (Å²) in [6.07, 6.45) is 2.08. The van der Waals surface area contributed by atoms with Gasteiger partial charge in [-0.25, -0.2) is 4.39 Å². The Labute approximate surface area is 110 Å². The molecular formula is C13H15ClFN3. The fourth-order valence-corrected chi connectivity index (χ4v) is 2.18. The molecule has 1 aromatic heterocycles. The van der Waals surface area contributed by atoms with Crippen LogP contribution in [0.1, 0.15) is 22.9 Å². The highest BCUT2D eigenvalue weighted by atomic mass is 35.5. The first-order valence-electron chi connectivity index (χ1n) is 5.67. The summed E-state index contributed by atoms with van der Waals surface area (Å²) in [6, 6.07) is 4.34. The molecule has 0 saturated heterocycles. The van der Waals surface area contributed by atoms with Crippen LogP contribution in [0.15, 0.2) is 24.4 Å². The quantitative estimate of drug-likeness (QED) is 0.929. The zero-order valence-electron chi connectivity index (χ0n) is 10.3. The van der Waals surface area contributed by atoms with Gasteiger partial charge in [-0.3, -0.25) is 4.68 Å². The molecule has 2 N–H and O–H groups in total. The lowest BCUT2D eigenvalue weighted by Gasteiger charge is -2.13. The Hall–Kier alpha value is -1.39. The Balaban J connectivity index is 2.27. The zero-order chi connectivity index (χ0) is 13.3. The summed E-state index contributed by atoms with van der Waals surface area (Å²) in [7, 11) is 1.85. The second-order valence-corrected chi connectivity index (χ2v) is 4.73. The molecule has 0 fully saturated rings. The van der Waals surface area contributed by atoms with E-state index in [0.29, 0.717) is 17.0 Å². The van der Waals surface area contributed by atoms with Crippen LogP contribution in [-0.4, -0.2) is 9.78 Å². The number of nitrogens with zero attached hydrogens (tertiary/aromatic N) is 2. The Morgan fingerprint density at radius 1 is 1.50 bits per heavy atom. The highest BCUT2D eigenvalue weighted by Gasteiger charge is 2.16. The van der Waals surface area contributed by atoms with Crippen molar-refractivity contribution in [3.05, 3.63) is 52.1 Å². The lowest BCUT2D eigenvalue weighted by Crippen LogP contribution is -2.15. The molecule has 2 aromatic rings. The zero-order valence-corrected chi connectivity index (χ0v) is 11.1. The Kier molecular flexibility index (Phi) is 3.68. The molecule has 0 saturated carbocycles. The number of aryl methyl sites for hydroxylation is 1. The van der Waals surface area contributed by atoms with Crippen molar-refractivity contribution in [2.45, 2.75) is 19.4 Å². The second kappa shape index (κ2) is 5.08. The van der Waals surface area contributed by atoms with Crippen LogP contribution in [0.5, 0.6) is 0 Å². The van der Waals surface area contributed by atoms with E-state index in [4.69, 9.17) is 17.3 Å². The van der Waals surface area contributed by atoms with E-state index in [0.717, 1.165) is 11.3 Å². The van der Waals surface area contributed by atoms with E-state index >= 15 is 0 Å². The van der Waals surface area contributed by atoms with Gasteiger partial charge in [0.25, 0.3) is 0 Å². The third-order valence-corrected chi connectivity index (χ3v) is 3.51. The lowest BCUT2D eigenvalue weighted by molar-refractivity contribution is 0.592. The van der Waals surface area contributed by atoms with Gasteiger partial charge in [-0.15, -0.1) is 0 Å². The smallest absolute Gasteiger partial charge is 0.127 e. The third kappa shape index (κ3) is 2.40. The van der Waals surface area contributed by atoms with Crippen molar-refractivity contribution in [2.75, 3.05) is 0 Å². The number of aromatic nitrogens is 2. The van der Waals surface area contributed by atoms with E-state index in [1.807, 2.05) is 14.0 Å². The van der Waals surface area contributed by atoms with Crippen LogP contribution in [-0.2, 0) is 13.5 Å². The van der Waals surface area contributed by atoms with Crippen molar-refractivity contribution in [1.82, 2.24) is 9.78 Å². The van der Waals surface area contributed by atoms with Gasteiger partial charge in [0.2, 0.25) is 0 Å². The van der Waals surface area contributed by atoms with Gasteiger partial charge in [-0.1, -0.05) is 17.7 Å². The average Bonchev–Trinajstić information content (AvgIpc) is 2.65. The largest absolute Gasteiger partial charge is 0.324 e. The topological polar surface area (TPSA) is 43.8 Å². The second-order valence-electron chi connectivity index (χ2n) is 4.32. The van der Waals surface area contributed by atoms with E-state index < -0.39 is 0 Å². The molecule has 0 bridgehead atoms. The summed E-state index contributed by atoms with van der Waals surface area (Å²) in [5, 5.41) is 4.54. The van der Waals surface area contributed by atoms with Crippen molar-refractivity contribution >= 4 is 11.6 Å². The first-order chi connectivity index (χ1) is 8.50. The molecule has 1 unspecified atom stereocenters. The molecule has 1 atom stereocenters. The molecule has 0 aliphatic heterocycles. The summed E-state index contributed by atoms with van der Waals surface area (Å²) < 4.78 is 15.4. The molecule has 18 heavy (non-hydrogen) atoms. The van der Waals surface area contributed by atoms with Gasteiger partial charge in [0.15, 0.2) is 0 Å². The van der Waals surface area contributed by atoms with E-state index in [1.165, 1.54) is 6.07 Å². The van der Waals surface area contributed by atoms with Crippen LogP contribution in [0.3, 0.4) is 0 Å². The first kappa shape index (κ1) is 13.1. The molecule has 96 valence electrons. The highest BCUT2D eigenvalue weighted by molar-refractivity contribution is 6.31. The fraction of sp³-hybridized carbons (Fsp3) is 0.308. The maximum absolute atomic E-state index is 13.7. The van der Waals surface area contributed by atoms with Gasteiger partial charge in [-0.2, -0.15) is 5.10 Å². The maximum Gasteiger partial charge on any atom is 0.127 e. The molecule has 2 rings (SSSR count). The van der Waals surface area contributed by atoms with Crippen molar-refractivity contribution in [2.24, 2.45) is 12.8 Å². The standard InChI is InChI=1S/C13H15ClFN3/c1-8-10(7-17-18(8)2)13(16)6-9-11(14)4-3-5-12(9)15/h3-5,7,13H,6,16H2,1-2H3. The van der Waals surface area contributed by atoms with Gasteiger partial charge in [0.05, 0.1) is 6.20 Å². The first-order valence-corrected chi connectivity index (χ1v) is 6.05. The van der Waals surface area contributed by atoms with Crippen LogP contribution in [0.25, 0.3) is 0 Å². The van der Waals surface area contributed by atoms with Crippen LogP contribution in [0.2, 0.25) is 5.02 Å². The number of benzene rings is 1. The minimum Gasteiger partial charge on any atom is -0.324 e. The Morgan fingerprint density at radius 2 is 2.22 bits per heavy atom. The van der Waals surface area contributed by atoms with Crippen LogP contribution < -0.4 is 5.73 Å². The third-order valence-electron chi connectivity index (χ3n) is 3.16. The van der Waals surface area contributed by atoms with E-state index in [1.54, 1.807) is 23.0 Å². The average molecular weight is 268 g/mol. The van der Waals surface area contributed by atoms with Crippen molar-refractivity contribution in [3.8, 4) is 0 Å². The molecule has 1 heterocycles. The predicted octanol–water partition coefficient (Wildman–Crippen LogP) is 2.76. The molecular weight excluding hydrogens is 253 g/mol. The molecule has 0 aliphatic rings. The van der Waals surface area contributed by atoms with Crippen molar-refractivity contribution < 1.29 is 4.39 Å². The van der Waals surface area contributed by atoms with Gasteiger partial charge < -0.3 is 5.73 Å². The number of hydrogen-bond acceptors (Lipinski definition) is 2. The molecule has 0 radical (unpaired) electrons. The van der Waals surface area contributed by atoms with Gasteiger partial charge in [0, 0.05) is 34.9 Å². The molecule has 1 aromatic carbocycles. The molecule has 0 amide bonds. The van der Waals surface area contributed by atoms with Crippen molar-refractivity contribution in [3.63, 3.8) is 0 Å². The fourth-order valence-electron chi connectivity index (χ4n) is 1.94. The molecule has 0 spiro atoms. The van der Waals surface area contributed by atoms with Crippen LogP contribution in [0.4, 0.5) is 4.39 Å². The Bertz CT molecular complexity index is 545. The highest BCUT2D eigenvalue weighted by Crippen LogP contribution is 2.25. The molecule has 5 heteroatoms. The van der Waals surface area contributed by atoms with Crippen LogP contribution >= 0.6 is 11.6 Å². The monoisotopic (exact) mass is 267 g/mol. The summed E-state index contributed by atoms with van der Waals surface area (Å²) in [6.45, 7) is 1.94. The van der Waals surface area contributed by atoms with Gasteiger partial charge >= 0.3 is 0 Å². The number of rotatable bonds is 3. The minimum absolute atomic E-state index is 0.312. The molecule has 3 nitrogen and oxygen atoms in total. The van der Waals surface area contributed by atoms with E-state index in [9.17, 15) is 4.39 Å². The van der Waals surface area contributed by atoms with E-state index in [-0.39, 0.29) is 11.9 Å². The normalized spacial score (nSPS) is 12.7. The predicted molar refractivity (Wildman–Crippen MR) is 70.0 cm³/mol. The number of hydrogen-bond donors (Lipinski definition) is 1. The van der Waals surface area contributed by atoms with Crippen molar-refractivity contribution in [1.29, 1.82) is 0 Å². The minimum atomic E-state index is -0.320. The number of nitrogens with two attached hydrogens (primary N) is 1. The lowest BCUT2D eigenvalue weighted by atomic mass is 10.00. The van der Waals surface area contributed by atoms with Gasteiger partial charge in [-0.05, 0) is 25.5 Å². The summed E-state index contributed by atoms with van der Waals surface area (Å²) in [4.78, 5) is 0. The summed E-state index contributed by atoms with van der Waals surface area (Å²) in [5.41, 5.74) is 8.45. The summed E-state index contributed by atoms with van der Waals surface area (Å²) >= 11 is 5.99. The maximum atomic E-state index is 13.7. The Morgan fingerprint density at radius 3 is 2.78 bits per heavy atom. The number of halogens is 2. The van der Waals surface area contributed by atoms with Gasteiger partial charge in [0.1, 0.15) is 5.82 Å². The van der Waals surface area contributed by atoms with E-state index in [2.05, 4.69) is 5.10 Å². The van der Waals surface area contributed by atoms with Crippen LogP contribution in [0, 0.1) is 12.7 Å². The SMILES string of the molecule is Cc1c(C(N)Cc2c(F)cccc2Cl)cnn1C.